The Labute approximate surface area is 190 Å². The lowest BCUT2D eigenvalue weighted by atomic mass is 10.1. The number of amides is 3. The zero-order valence-electron chi connectivity index (χ0n) is 18.8. The maximum Gasteiger partial charge on any atom is 0.319 e. The molecular formula is C27H31N3O2. The monoisotopic (exact) mass is 429 g/mol. The molecule has 0 saturated carbocycles. The lowest BCUT2D eigenvalue weighted by Crippen LogP contribution is -2.35. The van der Waals surface area contributed by atoms with E-state index in [1.54, 1.807) is 24.3 Å². The number of carbonyl (C=O) groups is 2. The fourth-order valence-electron chi connectivity index (χ4n) is 3.44. The van der Waals surface area contributed by atoms with Crippen LogP contribution in [0.1, 0.15) is 35.3 Å². The summed E-state index contributed by atoms with van der Waals surface area (Å²) in [6.45, 7) is 5.10. The van der Waals surface area contributed by atoms with Gasteiger partial charge in [-0.3, -0.25) is 4.79 Å². The van der Waals surface area contributed by atoms with Gasteiger partial charge in [0.15, 0.2) is 0 Å². The molecule has 0 saturated heterocycles. The van der Waals surface area contributed by atoms with E-state index in [0.29, 0.717) is 24.3 Å². The molecule has 0 aromatic heterocycles. The van der Waals surface area contributed by atoms with E-state index >= 15 is 0 Å². The third-order valence-corrected chi connectivity index (χ3v) is 5.12. The lowest BCUT2D eigenvalue weighted by molar-refractivity contribution is 0.0759. The Hall–Kier alpha value is -3.60. The van der Waals surface area contributed by atoms with Gasteiger partial charge in [-0.2, -0.15) is 0 Å². The summed E-state index contributed by atoms with van der Waals surface area (Å²) in [5.74, 6) is -0.00459. The first-order valence-corrected chi connectivity index (χ1v) is 11.1. The van der Waals surface area contributed by atoms with Crippen LogP contribution in [0.15, 0.2) is 84.9 Å². The van der Waals surface area contributed by atoms with E-state index in [0.717, 1.165) is 12.8 Å². The molecule has 0 spiro atoms. The normalized spacial score (nSPS) is 10.6. The molecule has 0 aliphatic heterocycles. The van der Waals surface area contributed by atoms with Gasteiger partial charge in [0.2, 0.25) is 0 Å². The van der Waals surface area contributed by atoms with E-state index in [2.05, 4.69) is 34.9 Å². The van der Waals surface area contributed by atoms with Crippen molar-refractivity contribution in [2.45, 2.75) is 32.7 Å². The van der Waals surface area contributed by atoms with E-state index in [9.17, 15) is 9.59 Å². The van der Waals surface area contributed by atoms with Gasteiger partial charge < -0.3 is 15.5 Å². The van der Waals surface area contributed by atoms with Gasteiger partial charge >= 0.3 is 6.03 Å². The number of hydrogen-bond acceptors (Lipinski definition) is 2. The summed E-state index contributed by atoms with van der Waals surface area (Å²) >= 11 is 0. The highest BCUT2D eigenvalue weighted by Crippen LogP contribution is 2.14. The van der Waals surface area contributed by atoms with Gasteiger partial charge in [-0.1, -0.05) is 60.7 Å². The van der Waals surface area contributed by atoms with Crippen LogP contribution in [0.2, 0.25) is 0 Å². The Morgan fingerprint density at radius 1 is 0.750 bits per heavy atom. The van der Waals surface area contributed by atoms with Gasteiger partial charge in [-0.15, -0.1) is 0 Å². The Bertz CT molecular complexity index is 943. The molecule has 0 aliphatic carbocycles. The molecule has 3 rings (SSSR count). The van der Waals surface area contributed by atoms with Gasteiger partial charge in [-0.05, 0) is 62.1 Å². The van der Waals surface area contributed by atoms with Gasteiger partial charge in [0, 0.05) is 30.4 Å². The number of carbonyl (C=O) groups excluding carboxylic acids is 2. The van der Waals surface area contributed by atoms with Crippen molar-refractivity contribution in [1.82, 2.24) is 10.2 Å². The lowest BCUT2D eigenvalue weighted by Gasteiger charge is -2.23. The van der Waals surface area contributed by atoms with E-state index in [-0.39, 0.29) is 18.0 Å². The summed E-state index contributed by atoms with van der Waals surface area (Å²) < 4.78 is 0. The predicted octanol–water partition coefficient (Wildman–Crippen LogP) is 5.14. The topological polar surface area (TPSA) is 61.4 Å². The highest BCUT2D eigenvalue weighted by molar-refractivity contribution is 5.95. The van der Waals surface area contributed by atoms with Crippen molar-refractivity contribution >= 4 is 17.6 Å². The average Bonchev–Trinajstić information content (AvgIpc) is 2.80. The van der Waals surface area contributed by atoms with Crippen LogP contribution in [-0.2, 0) is 12.8 Å². The van der Waals surface area contributed by atoms with E-state index in [1.807, 2.05) is 55.1 Å². The standard InChI is InChI=1S/C27H31N3O2/c1-21(2)28-27(32)29-25-15-13-24(14-16-25)26(31)30(19-17-22-9-5-3-6-10-22)20-18-23-11-7-4-8-12-23/h3-16,21H,17-20H2,1-2H3,(H2,28,29,32). The molecule has 5 nitrogen and oxygen atoms in total. The number of rotatable bonds is 9. The fraction of sp³-hybridized carbons (Fsp3) is 0.259. The molecule has 0 radical (unpaired) electrons. The highest BCUT2D eigenvalue weighted by atomic mass is 16.2. The van der Waals surface area contributed by atoms with Crippen LogP contribution in [0.25, 0.3) is 0 Å². The molecule has 0 aliphatic rings. The molecule has 5 heteroatoms. The number of nitrogens with one attached hydrogen (secondary N) is 2. The maximum atomic E-state index is 13.3. The first kappa shape index (κ1) is 23.1. The molecule has 0 fully saturated rings. The first-order chi connectivity index (χ1) is 15.5. The summed E-state index contributed by atoms with van der Waals surface area (Å²) in [6, 6.07) is 27.3. The molecule has 3 amide bonds. The fourth-order valence-corrected chi connectivity index (χ4v) is 3.44. The van der Waals surface area contributed by atoms with E-state index in [1.165, 1.54) is 11.1 Å². The number of hydrogen-bond donors (Lipinski definition) is 2. The maximum absolute atomic E-state index is 13.3. The van der Waals surface area contributed by atoms with Crippen LogP contribution in [0.3, 0.4) is 0 Å². The quantitative estimate of drug-likeness (QED) is 0.494. The largest absolute Gasteiger partial charge is 0.338 e. The van der Waals surface area contributed by atoms with Crippen molar-refractivity contribution in [2.24, 2.45) is 0 Å². The number of urea groups is 1. The minimum Gasteiger partial charge on any atom is -0.338 e. The molecular weight excluding hydrogens is 398 g/mol. The highest BCUT2D eigenvalue weighted by Gasteiger charge is 2.16. The average molecular weight is 430 g/mol. The zero-order chi connectivity index (χ0) is 22.8. The first-order valence-electron chi connectivity index (χ1n) is 11.1. The van der Waals surface area contributed by atoms with Crippen LogP contribution in [0.5, 0.6) is 0 Å². The molecule has 0 heterocycles. The Morgan fingerprint density at radius 3 is 1.72 bits per heavy atom. The SMILES string of the molecule is CC(C)NC(=O)Nc1ccc(C(=O)N(CCc2ccccc2)CCc2ccccc2)cc1. The Kier molecular flexibility index (Phi) is 8.44. The van der Waals surface area contributed by atoms with Crippen molar-refractivity contribution < 1.29 is 9.59 Å². The summed E-state index contributed by atoms with van der Waals surface area (Å²) in [4.78, 5) is 27.1. The van der Waals surface area contributed by atoms with Gasteiger partial charge in [0.25, 0.3) is 5.91 Å². The van der Waals surface area contributed by atoms with Gasteiger partial charge in [0.05, 0.1) is 0 Å². The second kappa shape index (κ2) is 11.7. The molecule has 0 atom stereocenters. The minimum atomic E-state index is -0.258. The van der Waals surface area contributed by atoms with Gasteiger partial charge in [-0.25, -0.2) is 4.79 Å². The van der Waals surface area contributed by atoms with Crippen LogP contribution < -0.4 is 10.6 Å². The number of nitrogens with zero attached hydrogens (tertiary/aromatic N) is 1. The van der Waals surface area contributed by atoms with Crippen molar-refractivity contribution in [3.8, 4) is 0 Å². The molecule has 166 valence electrons. The summed E-state index contributed by atoms with van der Waals surface area (Å²) in [6.07, 6.45) is 1.60. The van der Waals surface area contributed by atoms with Crippen LogP contribution in [0.4, 0.5) is 10.5 Å². The van der Waals surface area contributed by atoms with Crippen molar-refractivity contribution in [3.63, 3.8) is 0 Å². The Balaban J connectivity index is 1.67. The number of benzene rings is 3. The molecule has 0 bridgehead atoms. The van der Waals surface area contributed by atoms with Crippen LogP contribution in [0, 0.1) is 0 Å². The molecule has 2 N–H and O–H groups in total. The summed E-state index contributed by atoms with van der Waals surface area (Å²) in [7, 11) is 0. The smallest absolute Gasteiger partial charge is 0.319 e. The second-order valence-corrected chi connectivity index (χ2v) is 8.09. The number of anilines is 1. The van der Waals surface area contributed by atoms with E-state index in [4.69, 9.17) is 0 Å². The van der Waals surface area contributed by atoms with E-state index < -0.39 is 0 Å². The zero-order valence-corrected chi connectivity index (χ0v) is 18.8. The van der Waals surface area contributed by atoms with Crippen LogP contribution in [-0.4, -0.2) is 36.0 Å². The Morgan fingerprint density at radius 2 is 1.25 bits per heavy atom. The van der Waals surface area contributed by atoms with Crippen molar-refractivity contribution in [2.75, 3.05) is 18.4 Å². The van der Waals surface area contributed by atoms with Crippen molar-refractivity contribution in [1.29, 1.82) is 0 Å². The predicted molar refractivity (Wildman–Crippen MR) is 130 cm³/mol. The molecule has 3 aromatic carbocycles. The van der Waals surface area contributed by atoms with Crippen LogP contribution >= 0.6 is 0 Å². The summed E-state index contributed by atoms with van der Waals surface area (Å²) in [5, 5.41) is 5.57. The van der Waals surface area contributed by atoms with Gasteiger partial charge in [0.1, 0.15) is 0 Å². The third kappa shape index (κ3) is 7.27. The molecule has 32 heavy (non-hydrogen) atoms. The minimum absolute atomic E-state index is 0.00459. The van der Waals surface area contributed by atoms with Crippen molar-refractivity contribution in [3.05, 3.63) is 102 Å². The molecule has 0 unspecified atom stereocenters. The third-order valence-electron chi connectivity index (χ3n) is 5.12. The molecule has 3 aromatic rings. The second-order valence-electron chi connectivity index (χ2n) is 8.09. The summed E-state index contributed by atoms with van der Waals surface area (Å²) in [5.41, 5.74) is 3.68.